The van der Waals surface area contributed by atoms with Crippen LogP contribution in [-0.2, 0) is 15.8 Å². The zero-order chi connectivity index (χ0) is 23.9. The number of hydrogen-bond donors (Lipinski definition) is 2. The lowest BCUT2D eigenvalue weighted by Gasteiger charge is -2.14. The maximum Gasteiger partial charge on any atom is 0.416 e. The van der Waals surface area contributed by atoms with E-state index in [9.17, 15) is 22.8 Å². The molecular weight excluding hydrogens is 419 g/mol. The van der Waals surface area contributed by atoms with Crippen LogP contribution in [-0.4, -0.2) is 43.9 Å². The number of nitrogens with zero attached hydrogens (tertiary/aromatic N) is 1. The topological polar surface area (TPSA) is 61.4 Å². The molecule has 0 fully saturated rings. The number of alkyl halides is 3. The summed E-state index contributed by atoms with van der Waals surface area (Å²) in [5.41, 5.74) is 0.602. The smallest absolute Gasteiger partial charge is 0.351 e. The van der Waals surface area contributed by atoms with Crippen LogP contribution in [0.2, 0.25) is 0 Å². The second kappa shape index (κ2) is 10.9. The number of amides is 2. The van der Waals surface area contributed by atoms with Crippen LogP contribution < -0.4 is 10.6 Å². The second-order valence-electron chi connectivity index (χ2n) is 7.97. The van der Waals surface area contributed by atoms with E-state index in [0.29, 0.717) is 24.6 Å². The maximum atomic E-state index is 13.0. The van der Waals surface area contributed by atoms with E-state index in [2.05, 4.69) is 24.5 Å². The molecule has 0 atom stereocenters. The first-order valence-electron chi connectivity index (χ1n) is 10.2. The first kappa shape index (κ1) is 25.1. The van der Waals surface area contributed by atoms with Gasteiger partial charge in [-0.1, -0.05) is 44.2 Å². The number of nitrogens with one attached hydrogen (secondary N) is 2. The molecule has 0 aliphatic heterocycles. The predicted molar refractivity (Wildman–Crippen MR) is 120 cm³/mol. The average Bonchev–Trinajstić information content (AvgIpc) is 2.71. The van der Waals surface area contributed by atoms with Gasteiger partial charge in [0.25, 0.3) is 11.8 Å². The molecule has 0 aromatic heterocycles. The number of benzene rings is 2. The molecule has 0 heterocycles. The molecule has 0 aliphatic carbocycles. The minimum Gasteiger partial charge on any atom is -0.351 e. The summed E-state index contributed by atoms with van der Waals surface area (Å²) in [5, 5.41) is 5.08. The summed E-state index contributed by atoms with van der Waals surface area (Å²) in [6.45, 7) is 4.98. The van der Waals surface area contributed by atoms with Crippen LogP contribution in [0.3, 0.4) is 0 Å². The first-order valence-corrected chi connectivity index (χ1v) is 10.2. The summed E-state index contributed by atoms with van der Waals surface area (Å²) < 4.78 is 38.9. The van der Waals surface area contributed by atoms with E-state index in [0.717, 1.165) is 17.7 Å². The third kappa shape index (κ3) is 7.53. The molecule has 0 unspecified atom stereocenters. The van der Waals surface area contributed by atoms with Crippen molar-refractivity contribution in [3.8, 4) is 0 Å². The number of carbonyl (C=O) groups is 2. The lowest BCUT2D eigenvalue weighted by atomic mass is 10.0. The molecule has 2 aromatic carbocycles. The fourth-order valence-electron chi connectivity index (χ4n) is 2.84. The van der Waals surface area contributed by atoms with E-state index >= 15 is 0 Å². The number of rotatable bonds is 8. The molecular formula is C24H28F3N3O2. The SMILES string of the molecule is CC(C)c1ccc(/C=C(/C(=O)NCCN(C)C)C(=O)Nc2cccc(C(F)(F)F)c2)cc1. The lowest BCUT2D eigenvalue weighted by molar-refractivity contribution is -0.137. The Kier molecular flexibility index (Phi) is 8.60. The summed E-state index contributed by atoms with van der Waals surface area (Å²) in [6.07, 6.45) is -3.11. The number of halogens is 3. The molecule has 32 heavy (non-hydrogen) atoms. The van der Waals surface area contributed by atoms with Crippen LogP contribution in [0.25, 0.3) is 6.08 Å². The highest BCUT2D eigenvalue weighted by Crippen LogP contribution is 2.30. The third-order valence-electron chi connectivity index (χ3n) is 4.70. The molecule has 2 aromatic rings. The monoisotopic (exact) mass is 447 g/mol. The van der Waals surface area contributed by atoms with Crippen molar-refractivity contribution in [1.82, 2.24) is 10.2 Å². The van der Waals surface area contributed by atoms with Crippen molar-refractivity contribution in [2.45, 2.75) is 25.9 Å². The molecule has 2 N–H and O–H groups in total. The third-order valence-corrected chi connectivity index (χ3v) is 4.70. The number of carbonyl (C=O) groups excluding carboxylic acids is 2. The molecule has 0 aliphatic rings. The van der Waals surface area contributed by atoms with Gasteiger partial charge < -0.3 is 15.5 Å². The Morgan fingerprint density at radius 3 is 2.25 bits per heavy atom. The number of anilines is 1. The molecule has 0 spiro atoms. The Hall–Kier alpha value is -3.13. The van der Waals surface area contributed by atoms with E-state index in [1.54, 1.807) is 12.1 Å². The molecule has 0 radical (unpaired) electrons. The van der Waals surface area contributed by atoms with Crippen LogP contribution in [0.1, 0.15) is 36.5 Å². The summed E-state index contributed by atoms with van der Waals surface area (Å²) in [6, 6.07) is 11.7. The highest BCUT2D eigenvalue weighted by atomic mass is 19.4. The fourth-order valence-corrected chi connectivity index (χ4v) is 2.84. The molecule has 2 amide bonds. The average molecular weight is 448 g/mol. The Bertz CT molecular complexity index is 965. The molecule has 0 bridgehead atoms. The molecule has 8 heteroatoms. The van der Waals surface area contributed by atoms with E-state index in [1.807, 2.05) is 31.1 Å². The van der Waals surface area contributed by atoms with Gasteiger partial charge in [-0.05, 0) is 55.4 Å². The van der Waals surface area contributed by atoms with Gasteiger partial charge in [-0.3, -0.25) is 9.59 Å². The summed E-state index contributed by atoms with van der Waals surface area (Å²) >= 11 is 0. The zero-order valence-electron chi connectivity index (χ0n) is 18.6. The van der Waals surface area contributed by atoms with Gasteiger partial charge in [-0.15, -0.1) is 0 Å². The van der Waals surface area contributed by atoms with Crippen molar-refractivity contribution in [3.63, 3.8) is 0 Å². The number of hydrogen-bond acceptors (Lipinski definition) is 3. The van der Waals surface area contributed by atoms with Gasteiger partial charge in [0.05, 0.1) is 5.56 Å². The molecule has 0 saturated heterocycles. The van der Waals surface area contributed by atoms with E-state index in [4.69, 9.17) is 0 Å². The fraction of sp³-hybridized carbons (Fsp3) is 0.333. The first-order chi connectivity index (χ1) is 15.0. The van der Waals surface area contributed by atoms with Crippen molar-refractivity contribution in [1.29, 1.82) is 0 Å². The predicted octanol–water partition coefficient (Wildman–Crippen LogP) is 4.53. The van der Waals surface area contributed by atoms with E-state index in [-0.39, 0.29) is 11.3 Å². The minimum absolute atomic E-state index is 0.0491. The normalized spacial score (nSPS) is 12.2. The Labute approximate surface area is 186 Å². The lowest BCUT2D eigenvalue weighted by Crippen LogP contribution is -2.35. The molecule has 172 valence electrons. The maximum absolute atomic E-state index is 13.0. The standard InChI is InChI=1S/C24H28F3N3O2/c1-16(2)18-10-8-17(9-11-18)14-21(22(31)28-12-13-30(3)4)23(32)29-20-7-5-6-19(15-20)24(25,26)27/h5-11,14-16H,12-13H2,1-4H3,(H,28,31)(H,29,32)/b21-14-. The van der Waals surface area contributed by atoms with Crippen molar-refractivity contribution >= 4 is 23.6 Å². The van der Waals surface area contributed by atoms with Gasteiger partial charge in [0.15, 0.2) is 0 Å². The Balaban J connectivity index is 2.30. The van der Waals surface area contributed by atoms with Crippen LogP contribution in [0, 0.1) is 0 Å². The van der Waals surface area contributed by atoms with Gasteiger partial charge >= 0.3 is 6.18 Å². The van der Waals surface area contributed by atoms with Crippen molar-refractivity contribution in [2.24, 2.45) is 0 Å². The summed E-state index contributed by atoms with van der Waals surface area (Å²) in [4.78, 5) is 27.5. The Morgan fingerprint density at radius 1 is 1.03 bits per heavy atom. The van der Waals surface area contributed by atoms with Gasteiger partial charge in [-0.25, -0.2) is 0 Å². The van der Waals surface area contributed by atoms with Crippen LogP contribution >= 0.6 is 0 Å². The van der Waals surface area contributed by atoms with Crippen LogP contribution in [0.15, 0.2) is 54.1 Å². The molecule has 2 rings (SSSR count). The summed E-state index contributed by atoms with van der Waals surface area (Å²) in [7, 11) is 3.69. The number of likely N-dealkylation sites (N-methyl/N-ethyl adjacent to an activating group) is 1. The molecule has 5 nitrogen and oxygen atoms in total. The summed E-state index contributed by atoms with van der Waals surface area (Å²) in [5.74, 6) is -1.07. The highest BCUT2D eigenvalue weighted by molar-refractivity contribution is 6.25. The van der Waals surface area contributed by atoms with E-state index < -0.39 is 23.6 Å². The quantitative estimate of drug-likeness (QED) is 0.355. The van der Waals surface area contributed by atoms with Gasteiger partial charge in [0.1, 0.15) is 5.57 Å². The van der Waals surface area contributed by atoms with Crippen molar-refractivity contribution < 1.29 is 22.8 Å². The Morgan fingerprint density at radius 2 is 1.69 bits per heavy atom. The van der Waals surface area contributed by atoms with Gasteiger partial charge in [0.2, 0.25) is 0 Å². The minimum atomic E-state index is -4.54. The van der Waals surface area contributed by atoms with Crippen molar-refractivity contribution in [3.05, 3.63) is 70.8 Å². The van der Waals surface area contributed by atoms with Crippen LogP contribution in [0.5, 0.6) is 0 Å². The zero-order valence-corrected chi connectivity index (χ0v) is 18.6. The van der Waals surface area contributed by atoms with E-state index in [1.165, 1.54) is 18.2 Å². The second-order valence-corrected chi connectivity index (χ2v) is 7.97. The van der Waals surface area contributed by atoms with Gasteiger partial charge in [0, 0.05) is 18.8 Å². The molecule has 0 saturated carbocycles. The van der Waals surface area contributed by atoms with Gasteiger partial charge in [-0.2, -0.15) is 13.2 Å². The van der Waals surface area contributed by atoms with Crippen molar-refractivity contribution in [2.75, 3.05) is 32.5 Å². The highest BCUT2D eigenvalue weighted by Gasteiger charge is 2.30. The largest absolute Gasteiger partial charge is 0.416 e. The van der Waals surface area contributed by atoms with Crippen LogP contribution in [0.4, 0.5) is 18.9 Å².